The van der Waals surface area contributed by atoms with Crippen molar-refractivity contribution in [2.24, 2.45) is 5.73 Å². The lowest BCUT2D eigenvalue weighted by atomic mass is 9.88. The molecule has 1 aliphatic rings. The van der Waals surface area contributed by atoms with E-state index in [0.29, 0.717) is 0 Å². The number of rotatable bonds is 3. The van der Waals surface area contributed by atoms with Gasteiger partial charge in [-0.2, -0.15) is 5.10 Å². The highest BCUT2D eigenvalue weighted by Crippen LogP contribution is 2.38. The molecule has 0 spiro atoms. The molecule has 0 fully saturated rings. The minimum Gasteiger partial charge on any atom is -0.321 e. The SMILES string of the molecule is CCn1nc(C)c(Br)c1CC1(N)CCc2ccccc21. The van der Waals surface area contributed by atoms with E-state index in [1.54, 1.807) is 0 Å². The third-order valence-electron chi connectivity index (χ3n) is 4.33. The van der Waals surface area contributed by atoms with Gasteiger partial charge in [-0.05, 0) is 53.7 Å². The maximum atomic E-state index is 6.74. The van der Waals surface area contributed by atoms with Crippen molar-refractivity contribution < 1.29 is 0 Å². The van der Waals surface area contributed by atoms with E-state index < -0.39 is 0 Å². The van der Waals surface area contributed by atoms with Crippen LogP contribution in [0.3, 0.4) is 0 Å². The van der Waals surface area contributed by atoms with Gasteiger partial charge in [-0.3, -0.25) is 4.68 Å². The summed E-state index contributed by atoms with van der Waals surface area (Å²) in [6, 6.07) is 8.56. The summed E-state index contributed by atoms with van der Waals surface area (Å²) in [7, 11) is 0. The molecule has 0 radical (unpaired) electrons. The van der Waals surface area contributed by atoms with E-state index in [0.717, 1.165) is 36.0 Å². The number of hydrogen-bond acceptors (Lipinski definition) is 2. The fourth-order valence-corrected chi connectivity index (χ4v) is 3.66. The highest BCUT2D eigenvalue weighted by molar-refractivity contribution is 9.10. The van der Waals surface area contributed by atoms with Crippen LogP contribution in [0.2, 0.25) is 0 Å². The van der Waals surface area contributed by atoms with Crippen molar-refractivity contribution in [2.45, 2.75) is 45.2 Å². The number of nitrogens with zero attached hydrogens (tertiary/aromatic N) is 2. The Morgan fingerprint density at radius 1 is 1.40 bits per heavy atom. The minimum atomic E-state index is -0.265. The van der Waals surface area contributed by atoms with Gasteiger partial charge in [0.25, 0.3) is 0 Å². The van der Waals surface area contributed by atoms with Crippen molar-refractivity contribution in [3.05, 3.63) is 51.3 Å². The first-order valence-corrected chi connectivity index (χ1v) is 7.93. The predicted octanol–water partition coefficient (Wildman–Crippen LogP) is 3.32. The van der Waals surface area contributed by atoms with Crippen LogP contribution in [-0.2, 0) is 24.9 Å². The van der Waals surface area contributed by atoms with Gasteiger partial charge in [0.2, 0.25) is 0 Å². The number of fused-ring (bicyclic) bond motifs is 1. The fraction of sp³-hybridized carbons (Fsp3) is 0.438. The summed E-state index contributed by atoms with van der Waals surface area (Å²) in [6.07, 6.45) is 2.91. The Balaban J connectivity index is 2.00. The second-order valence-corrected chi connectivity index (χ2v) is 6.44. The van der Waals surface area contributed by atoms with Gasteiger partial charge in [0.1, 0.15) is 0 Å². The molecule has 3 rings (SSSR count). The Hall–Kier alpha value is -1.13. The van der Waals surface area contributed by atoms with Gasteiger partial charge < -0.3 is 5.73 Å². The lowest BCUT2D eigenvalue weighted by Gasteiger charge is -2.26. The van der Waals surface area contributed by atoms with E-state index in [1.165, 1.54) is 16.8 Å². The molecule has 1 unspecified atom stereocenters. The summed E-state index contributed by atoms with van der Waals surface area (Å²) >= 11 is 3.67. The highest BCUT2D eigenvalue weighted by Gasteiger charge is 2.36. The van der Waals surface area contributed by atoms with Crippen molar-refractivity contribution in [3.8, 4) is 0 Å². The van der Waals surface area contributed by atoms with Crippen molar-refractivity contribution in [1.82, 2.24) is 9.78 Å². The van der Waals surface area contributed by atoms with Crippen LogP contribution in [-0.4, -0.2) is 9.78 Å². The van der Waals surface area contributed by atoms with Crippen LogP contribution in [0.5, 0.6) is 0 Å². The van der Waals surface area contributed by atoms with Crippen LogP contribution in [0.25, 0.3) is 0 Å². The topological polar surface area (TPSA) is 43.8 Å². The summed E-state index contributed by atoms with van der Waals surface area (Å²) in [5.41, 5.74) is 11.4. The average molecular weight is 334 g/mol. The van der Waals surface area contributed by atoms with Gasteiger partial charge in [0.15, 0.2) is 0 Å². The van der Waals surface area contributed by atoms with Gasteiger partial charge in [-0.1, -0.05) is 24.3 Å². The molecule has 1 aromatic carbocycles. The Bertz CT molecular complexity index is 647. The van der Waals surface area contributed by atoms with Crippen molar-refractivity contribution in [2.75, 3.05) is 0 Å². The zero-order chi connectivity index (χ0) is 14.3. The maximum Gasteiger partial charge on any atom is 0.0738 e. The van der Waals surface area contributed by atoms with Crippen LogP contribution in [0.15, 0.2) is 28.7 Å². The molecular formula is C16H20BrN3. The second kappa shape index (κ2) is 5.01. The summed E-state index contributed by atoms with van der Waals surface area (Å²) in [6.45, 7) is 5.03. The van der Waals surface area contributed by atoms with E-state index in [9.17, 15) is 0 Å². The molecule has 0 saturated carbocycles. The maximum absolute atomic E-state index is 6.74. The molecule has 1 heterocycles. The van der Waals surface area contributed by atoms with Gasteiger partial charge in [-0.25, -0.2) is 0 Å². The van der Waals surface area contributed by atoms with E-state index >= 15 is 0 Å². The predicted molar refractivity (Wildman–Crippen MR) is 84.7 cm³/mol. The molecule has 0 aliphatic heterocycles. The van der Waals surface area contributed by atoms with Crippen molar-refractivity contribution in [3.63, 3.8) is 0 Å². The normalized spacial score (nSPS) is 21.2. The molecule has 20 heavy (non-hydrogen) atoms. The number of nitrogens with two attached hydrogens (primary N) is 1. The zero-order valence-corrected chi connectivity index (χ0v) is 13.6. The van der Waals surface area contributed by atoms with Crippen LogP contribution >= 0.6 is 15.9 Å². The molecule has 1 aliphatic carbocycles. The number of aromatic nitrogens is 2. The van der Waals surface area contributed by atoms with Crippen molar-refractivity contribution in [1.29, 1.82) is 0 Å². The molecule has 0 saturated heterocycles. The summed E-state index contributed by atoms with van der Waals surface area (Å²) in [5.74, 6) is 0. The van der Waals surface area contributed by atoms with Crippen LogP contribution < -0.4 is 5.73 Å². The summed E-state index contributed by atoms with van der Waals surface area (Å²) < 4.78 is 3.17. The van der Waals surface area contributed by atoms with Crippen LogP contribution in [0.4, 0.5) is 0 Å². The largest absolute Gasteiger partial charge is 0.321 e. The average Bonchev–Trinajstić information content (AvgIpc) is 2.92. The smallest absolute Gasteiger partial charge is 0.0738 e. The zero-order valence-electron chi connectivity index (χ0n) is 12.0. The lowest BCUT2D eigenvalue weighted by Crippen LogP contribution is -2.37. The lowest BCUT2D eigenvalue weighted by molar-refractivity contribution is 0.419. The van der Waals surface area contributed by atoms with E-state index in [1.807, 2.05) is 6.92 Å². The number of benzene rings is 1. The first-order chi connectivity index (χ1) is 9.55. The third kappa shape index (κ3) is 2.11. The van der Waals surface area contributed by atoms with E-state index in [2.05, 4.69) is 56.9 Å². The molecule has 0 bridgehead atoms. The Labute approximate surface area is 128 Å². The standard InChI is InChI=1S/C16H20BrN3/c1-3-20-14(15(17)11(2)19-20)10-16(18)9-8-12-6-4-5-7-13(12)16/h4-7H,3,8-10,18H2,1-2H3. The van der Waals surface area contributed by atoms with Crippen LogP contribution in [0, 0.1) is 6.92 Å². The molecular weight excluding hydrogens is 314 g/mol. The monoisotopic (exact) mass is 333 g/mol. The van der Waals surface area contributed by atoms with Crippen LogP contribution in [0.1, 0.15) is 35.9 Å². The number of halogens is 1. The highest BCUT2D eigenvalue weighted by atomic mass is 79.9. The molecule has 4 heteroatoms. The fourth-order valence-electron chi connectivity index (χ4n) is 3.24. The molecule has 1 aromatic heterocycles. The summed E-state index contributed by atoms with van der Waals surface area (Å²) in [4.78, 5) is 0. The van der Waals surface area contributed by atoms with Crippen molar-refractivity contribution >= 4 is 15.9 Å². The minimum absolute atomic E-state index is 0.265. The number of hydrogen-bond donors (Lipinski definition) is 1. The molecule has 1 atom stereocenters. The van der Waals surface area contributed by atoms with Gasteiger partial charge >= 0.3 is 0 Å². The molecule has 0 amide bonds. The Morgan fingerprint density at radius 3 is 2.90 bits per heavy atom. The molecule has 2 N–H and O–H groups in total. The number of aryl methyl sites for hydroxylation is 3. The van der Waals surface area contributed by atoms with Gasteiger partial charge in [0.05, 0.1) is 15.9 Å². The second-order valence-electron chi connectivity index (χ2n) is 5.65. The van der Waals surface area contributed by atoms with Gasteiger partial charge in [-0.15, -0.1) is 0 Å². The first kappa shape index (κ1) is 13.8. The third-order valence-corrected chi connectivity index (χ3v) is 5.36. The summed E-state index contributed by atoms with van der Waals surface area (Å²) in [5, 5.41) is 4.57. The van der Waals surface area contributed by atoms with E-state index in [-0.39, 0.29) is 5.54 Å². The Morgan fingerprint density at radius 2 is 2.15 bits per heavy atom. The first-order valence-electron chi connectivity index (χ1n) is 7.14. The van der Waals surface area contributed by atoms with E-state index in [4.69, 9.17) is 5.73 Å². The Kier molecular flexibility index (Phi) is 3.46. The molecule has 106 valence electrons. The molecule has 2 aromatic rings. The van der Waals surface area contributed by atoms with Gasteiger partial charge in [0, 0.05) is 18.5 Å². The quantitative estimate of drug-likeness (QED) is 0.936. The molecule has 3 nitrogen and oxygen atoms in total.